The van der Waals surface area contributed by atoms with Gasteiger partial charge in [-0.1, -0.05) is 6.07 Å². The smallest absolute Gasteiger partial charge is 0.199 e. The average molecular weight is 200 g/mol. The lowest BCUT2D eigenvalue weighted by molar-refractivity contribution is -0.434. The van der Waals surface area contributed by atoms with Gasteiger partial charge < -0.3 is 0 Å². The van der Waals surface area contributed by atoms with Crippen LogP contribution in [0.15, 0.2) is 18.2 Å². The van der Waals surface area contributed by atoms with Crippen molar-refractivity contribution in [2.45, 2.75) is 33.1 Å². The fourth-order valence-electron chi connectivity index (χ4n) is 2.41. The third-order valence-corrected chi connectivity index (χ3v) is 3.61. The maximum atomic E-state index is 5.86. The van der Waals surface area contributed by atoms with Crippen LogP contribution in [-0.4, -0.2) is 16.8 Å². The Morgan fingerprint density at radius 2 is 2.00 bits per heavy atom. The van der Waals surface area contributed by atoms with E-state index < -0.39 is 0 Å². The summed E-state index contributed by atoms with van der Waals surface area (Å²) in [5.41, 5.74) is 5.04. The van der Waals surface area contributed by atoms with E-state index in [1.165, 1.54) is 17.0 Å². The van der Waals surface area contributed by atoms with Gasteiger partial charge >= 0.3 is 0 Å². The molecule has 0 atom stereocenters. The molecule has 78 valence electrons. The van der Waals surface area contributed by atoms with Crippen LogP contribution in [0, 0.1) is 6.92 Å². The van der Waals surface area contributed by atoms with Gasteiger partial charge in [-0.3, -0.25) is 0 Å². The highest BCUT2D eigenvalue weighted by Gasteiger charge is 2.42. The molecule has 15 heavy (non-hydrogen) atoms. The van der Waals surface area contributed by atoms with E-state index in [9.17, 15) is 0 Å². The normalized spacial score (nSPS) is 18.2. The Kier molecular flexibility index (Phi) is 2.22. The van der Waals surface area contributed by atoms with Crippen LogP contribution in [0.25, 0.3) is 0 Å². The molecule has 1 heteroatoms. The van der Waals surface area contributed by atoms with Crippen molar-refractivity contribution >= 4 is 11.4 Å². The zero-order chi connectivity index (χ0) is 11.2. The molecular formula is C14H18N+. The van der Waals surface area contributed by atoms with E-state index >= 15 is 0 Å². The molecule has 1 aliphatic rings. The summed E-state index contributed by atoms with van der Waals surface area (Å²) in [7, 11) is 0. The minimum Gasteiger partial charge on any atom is -0.199 e. The molecular weight excluding hydrogens is 182 g/mol. The topological polar surface area (TPSA) is 3.01 Å². The first-order valence-electron chi connectivity index (χ1n) is 5.50. The third kappa shape index (κ3) is 1.33. The van der Waals surface area contributed by atoms with Gasteiger partial charge in [0.25, 0.3) is 0 Å². The summed E-state index contributed by atoms with van der Waals surface area (Å²) >= 11 is 0. The van der Waals surface area contributed by atoms with Gasteiger partial charge in [0, 0.05) is 18.6 Å². The third-order valence-electron chi connectivity index (χ3n) is 3.61. The quantitative estimate of drug-likeness (QED) is 0.613. The minimum atomic E-state index is 0.112. The van der Waals surface area contributed by atoms with Crippen molar-refractivity contribution in [3.63, 3.8) is 0 Å². The predicted octanol–water partition coefficient (Wildman–Crippen LogP) is 3.16. The summed E-state index contributed by atoms with van der Waals surface area (Å²) < 4.78 is 2.37. The highest BCUT2D eigenvalue weighted by Crippen LogP contribution is 2.39. The van der Waals surface area contributed by atoms with Crippen LogP contribution in [-0.2, 0) is 5.41 Å². The maximum absolute atomic E-state index is 5.86. The molecule has 1 aromatic carbocycles. The van der Waals surface area contributed by atoms with E-state index in [1.807, 2.05) is 6.07 Å². The van der Waals surface area contributed by atoms with Gasteiger partial charge in [-0.05, 0) is 39.3 Å². The van der Waals surface area contributed by atoms with Gasteiger partial charge in [0.1, 0.15) is 6.54 Å². The second-order valence-corrected chi connectivity index (χ2v) is 4.73. The first-order valence-corrected chi connectivity index (χ1v) is 5.50. The molecule has 1 heterocycles. The number of fused-ring (bicyclic) bond motifs is 1. The summed E-state index contributed by atoms with van der Waals surface area (Å²) in [6.45, 7) is 15.8. The van der Waals surface area contributed by atoms with Gasteiger partial charge in [0.15, 0.2) is 5.71 Å². The molecule has 0 saturated heterocycles. The monoisotopic (exact) mass is 200 g/mol. The number of benzene rings is 1. The highest BCUT2D eigenvalue weighted by molar-refractivity contribution is 5.93. The Labute approximate surface area is 92.5 Å². The molecule has 2 radical (unpaired) electrons. The lowest BCUT2D eigenvalue weighted by Crippen LogP contribution is -2.26. The van der Waals surface area contributed by atoms with Gasteiger partial charge in [0.05, 0.1) is 5.41 Å². The van der Waals surface area contributed by atoms with Crippen molar-refractivity contribution in [1.82, 2.24) is 0 Å². The molecule has 0 N–H and O–H groups in total. The van der Waals surface area contributed by atoms with Crippen LogP contribution >= 0.6 is 0 Å². The van der Waals surface area contributed by atoms with Crippen LogP contribution in [0.1, 0.15) is 38.8 Å². The van der Waals surface area contributed by atoms with E-state index in [2.05, 4.69) is 44.4 Å². The van der Waals surface area contributed by atoms with Gasteiger partial charge in [0.2, 0.25) is 5.69 Å². The Hall–Kier alpha value is -1.11. The Bertz CT molecular complexity index is 439. The van der Waals surface area contributed by atoms with Crippen molar-refractivity contribution in [1.29, 1.82) is 0 Å². The van der Waals surface area contributed by atoms with E-state index in [-0.39, 0.29) is 5.41 Å². The molecule has 0 amide bonds. The van der Waals surface area contributed by atoms with Crippen molar-refractivity contribution < 1.29 is 4.58 Å². The maximum Gasteiger partial charge on any atom is 0.209 e. The summed E-state index contributed by atoms with van der Waals surface area (Å²) in [5.74, 6) is 0. The fourth-order valence-corrected chi connectivity index (χ4v) is 2.41. The summed E-state index contributed by atoms with van der Waals surface area (Å²) in [6, 6.07) is 6.22. The number of hydrogen-bond acceptors (Lipinski definition) is 0. The van der Waals surface area contributed by atoms with E-state index in [4.69, 9.17) is 6.92 Å². The van der Waals surface area contributed by atoms with Crippen LogP contribution in [0.4, 0.5) is 5.69 Å². The Morgan fingerprint density at radius 3 is 2.60 bits per heavy atom. The van der Waals surface area contributed by atoms with Gasteiger partial charge in [-0.2, -0.15) is 4.58 Å². The molecule has 1 nitrogen and oxygen atoms in total. The molecule has 0 spiro atoms. The zero-order valence-electron chi connectivity index (χ0n) is 9.96. The van der Waals surface area contributed by atoms with Crippen LogP contribution in [0.5, 0.6) is 0 Å². The molecule has 0 unspecified atom stereocenters. The van der Waals surface area contributed by atoms with E-state index in [0.29, 0.717) is 0 Å². The lowest BCUT2D eigenvalue weighted by Gasteiger charge is -2.15. The van der Waals surface area contributed by atoms with Gasteiger partial charge in [-0.25, -0.2) is 0 Å². The minimum absolute atomic E-state index is 0.112. The van der Waals surface area contributed by atoms with Crippen molar-refractivity contribution in [2.24, 2.45) is 0 Å². The number of hydrogen-bond donors (Lipinski definition) is 0. The summed E-state index contributed by atoms with van der Waals surface area (Å²) in [4.78, 5) is 0. The molecule has 0 saturated carbocycles. The first-order chi connectivity index (χ1) is 6.98. The second-order valence-electron chi connectivity index (χ2n) is 4.73. The Morgan fingerprint density at radius 1 is 1.33 bits per heavy atom. The molecule has 0 fully saturated rings. The molecule has 0 bridgehead atoms. The standard InChI is InChI=1S/C14H18N/c1-6-15-11(3)14(4,5)12-9-10(2)7-8-13(12)15/h2,7-9H,6H2,1,3-5H3/q+1. The van der Waals surface area contributed by atoms with Crippen LogP contribution in [0.3, 0.4) is 0 Å². The SMILES string of the molecule is [CH]c1ccc2c(c1)C(C)(C)C(C)=[N+]2CC. The predicted molar refractivity (Wildman–Crippen MR) is 64.0 cm³/mol. The Balaban J connectivity index is 2.70. The average Bonchev–Trinajstić information content (AvgIpc) is 2.37. The molecule has 1 aliphatic heterocycles. The molecule has 0 aromatic heterocycles. The summed E-state index contributed by atoms with van der Waals surface area (Å²) in [6.07, 6.45) is 0. The van der Waals surface area contributed by atoms with Crippen LogP contribution < -0.4 is 0 Å². The second kappa shape index (κ2) is 3.19. The summed E-state index contributed by atoms with van der Waals surface area (Å²) in [5, 5.41) is 0. The molecule has 0 aliphatic carbocycles. The number of nitrogens with zero attached hydrogens (tertiary/aromatic N) is 1. The van der Waals surface area contributed by atoms with Crippen molar-refractivity contribution in [3.05, 3.63) is 36.2 Å². The lowest BCUT2D eigenvalue weighted by atomic mass is 9.82. The first kappa shape index (κ1) is 10.4. The number of rotatable bonds is 1. The van der Waals surface area contributed by atoms with Crippen molar-refractivity contribution in [3.8, 4) is 0 Å². The molecule has 2 rings (SSSR count). The molecule has 1 aromatic rings. The van der Waals surface area contributed by atoms with E-state index in [1.54, 1.807) is 0 Å². The zero-order valence-corrected chi connectivity index (χ0v) is 9.96. The van der Waals surface area contributed by atoms with Crippen molar-refractivity contribution in [2.75, 3.05) is 6.54 Å². The fraction of sp³-hybridized carbons (Fsp3) is 0.429. The highest BCUT2D eigenvalue weighted by atomic mass is 15.0. The largest absolute Gasteiger partial charge is 0.209 e. The van der Waals surface area contributed by atoms with E-state index in [0.717, 1.165) is 12.1 Å². The van der Waals surface area contributed by atoms with Crippen LogP contribution in [0.2, 0.25) is 0 Å². The van der Waals surface area contributed by atoms with Gasteiger partial charge in [-0.15, -0.1) is 0 Å².